The highest BCUT2D eigenvalue weighted by molar-refractivity contribution is 7.31. The lowest BCUT2D eigenvalue weighted by atomic mass is 10.1. The number of benzene rings is 6. The largest absolute Gasteiger partial charge is 0.457 e. The van der Waals surface area contributed by atoms with Gasteiger partial charge in [-0.15, -0.1) is 11.3 Å². The van der Waals surface area contributed by atoms with Crippen molar-refractivity contribution in [3.63, 3.8) is 0 Å². The Morgan fingerprint density at radius 1 is 0.558 bits per heavy atom. The van der Waals surface area contributed by atoms with Crippen molar-refractivity contribution in [3.05, 3.63) is 188 Å². The standard InChI is InChI=1S/C46H31N3OSSi/c1-3-19-36(20-4-1)52(37-21-5-2-6-22-37)43-27-10-8-25-41(43)49(46-45(52)44-39(31-48-46)38-23-7-9-26-42(38)51-44)33-16-14-18-35(30-33)50-34-17-13-15-32(29-34)40-24-11-12-28-47-40/h1-31H. The van der Waals surface area contributed by atoms with Gasteiger partial charge in [0.15, 0.2) is 8.07 Å². The van der Waals surface area contributed by atoms with Crippen LogP contribution in [0.3, 0.4) is 0 Å². The molecule has 0 spiro atoms. The van der Waals surface area contributed by atoms with Crippen molar-refractivity contribution >= 4 is 77.5 Å². The van der Waals surface area contributed by atoms with Gasteiger partial charge in [0.2, 0.25) is 0 Å². The highest BCUT2D eigenvalue weighted by Crippen LogP contribution is 2.43. The van der Waals surface area contributed by atoms with Gasteiger partial charge in [-0.05, 0) is 64.1 Å². The maximum Gasteiger partial charge on any atom is 0.188 e. The van der Waals surface area contributed by atoms with Gasteiger partial charge in [-0.25, -0.2) is 4.98 Å². The SMILES string of the molecule is c1ccc([Si]2(c3ccccc3)c3ccccc3N(c3cccc(Oc4cccc(-c5ccccn5)c4)c3)c3ncc4c(sc5ccccc54)c32)cc1. The van der Waals surface area contributed by atoms with E-state index in [0.717, 1.165) is 39.9 Å². The first-order chi connectivity index (χ1) is 25.8. The molecule has 10 rings (SSSR count). The minimum Gasteiger partial charge on any atom is -0.457 e. The van der Waals surface area contributed by atoms with Crippen LogP contribution in [-0.4, -0.2) is 18.0 Å². The number of thiophene rings is 1. The third-order valence-corrected chi connectivity index (χ3v) is 16.3. The van der Waals surface area contributed by atoms with Crippen molar-refractivity contribution < 1.29 is 4.74 Å². The summed E-state index contributed by atoms with van der Waals surface area (Å²) in [5.74, 6) is 2.47. The molecule has 0 saturated heterocycles. The fraction of sp³-hybridized carbons (Fsp3) is 0. The van der Waals surface area contributed by atoms with Gasteiger partial charge in [-0.3, -0.25) is 9.88 Å². The Bertz CT molecular complexity index is 2690. The second-order valence-corrected chi connectivity index (χ2v) is 17.7. The quantitative estimate of drug-likeness (QED) is 0.162. The molecule has 1 aliphatic rings. The van der Waals surface area contributed by atoms with Crippen LogP contribution >= 0.6 is 11.3 Å². The molecule has 4 nitrogen and oxygen atoms in total. The summed E-state index contributed by atoms with van der Waals surface area (Å²) in [6, 6.07) is 62.4. The van der Waals surface area contributed by atoms with E-state index in [1.165, 1.54) is 40.9 Å². The highest BCUT2D eigenvalue weighted by atomic mass is 32.1. The molecular weight excluding hydrogens is 671 g/mol. The van der Waals surface area contributed by atoms with Crippen LogP contribution in [0, 0.1) is 0 Å². The Morgan fingerprint density at radius 3 is 2.04 bits per heavy atom. The van der Waals surface area contributed by atoms with Gasteiger partial charge < -0.3 is 4.74 Å². The van der Waals surface area contributed by atoms with Crippen LogP contribution in [0.4, 0.5) is 17.2 Å². The number of aromatic nitrogens is 2. The number of para-hydroxylation sites is 1. The number of nitrogens with zero attached hydrogens (tertiary/aromatic N) is 3. The van der Waals surface area contributed by atoms with Crippen LogP contribution in [-0.2, 0) is 0 Å². The second-order valence-electron chi connectivity index (χ2n) is 13.0. The average Bonchev–Trinajstić information content (AvgIpc) is 3.60. The summed E-state index contributed by atoms with van der Waals surface area (Å²) in [5, 5.41) is 7.78. The lowest BCUT2D eigenvalue weighted by Gasteiger charge is -2.44. The van der Waals surface area contributed by atoms with E-state index < -0.39 is 8.07 Å². The molecule has 9 aromatic rings. The van der Waals surface area contributed by atoms with Crippen LogP contribution in [0.2, 0.25) is 0 Å². The van der Waals surface area contributed by atoms with Crippen LogP contribution < -0.4 is 30.4 Å². The molecule has 6 heteroatoms. The Kier molecular flexibility index (Phi) is 7.30. The molecule has 0 fully saturated rings. The number of rotatable bonds is 6. The fourth-order valence-corrected chi connectivity index (χ4v) is 14.7. The molecule has 0 aliphatic carbocycles. The van der Waals surface area contributed by atoms with Gasteiger partial charge in [0.05, 0.1) is 11.4 Å². The lowest BCUT2D eigenvalue weighted by Crippen LogP contribution is -2.77. The summed E-state index contributed by atoms with van der Waals surface area (Å²) in [4.78, 5) is 12.3. The van der Waals surface area contributed by atoms with Gasteiger partial charge in [-0.1, -0.05) is 121 Å². The molecule has 0 N–H and O–H groups in total. The molecule has 0 saturated carbocycles. The van der Waals surface area contributed by atoms with E-state index in [9.17, 15) is 0 Å². The molecule has 3 aromatic heterocycles. The molecule has 0 amide bonds. The Hall–Kier alpha value is -6.34. The summed E-state index contributed by atoms with van der Waals surface area (Å²) < 4.78 is 9.14. The fourth-order valence-electron chi connectivity index (χ4n) is 7.89. The van der Waals surface area contributed by atoms with Crippen LogP contribution in [0.25, 0.3) is 31.4 Å². The van der Waals surface area contributed by atoms with Crippen LogP contribution in [0.15, 0.2) is 188 Å². The minimum atomic E-state index is -2.92. The van der Waals surface area contributed by atoms with Crippen molar-refractivity contribution in [1.82, 2.24) is 9.97 Å². The summed E-state index contributed by atoms with van der Waals surface area (Å²) in [5.41, 5.74) is 4.04. The number of fused-ring (bicyclic) bond motifs is 6. The molecule has 1 aliphatic heterocycles. The van der Waals surface area contributed by atoms with Gasteiger partial charge >= 0.3 is 0 Å². The number of anilines is 3. The summed E-state index contributed by atoms with van der Waals surface area (Å²) in [6.45, 7) is 0. The molecule has 0 unspecified atom stereocenters. The van der Waals surface area contributed by atoms with Crippen molar-refractivity contribution in [1.29, 1.82) is 0 Å². The zero-order chi connectivity index (χ0) is 34.5. The van der Waals surface area contributed by atoms with E-state index in [1.54, 1.807) is 0 Å². The van der Waals surface area contributed by atoms with Crippen LogP contribution in [0.1, 0.15) is 0 Å². The summed E-state index contributed by atoms with van der Waals surface area (Å²) in [6.07, 6.45) is 3.90. The molecule has 246 valence electrons. The number of hydrogen-bond donors (Lipinski definition) is 0. The zero-order valence-electron chi connectivity index (χ0n) is 28.1. The predicted octanol–water partition coefficient (Wildman–Crippen LogP) is 9.46. The first-order valence-electron chi connectivity index (χ1n) is 17.4. The van der Waals surface area contributed by atoms with Crippen LogP contribution in [0.5, 0.6) is 11.5 Å². The topological polar surface area (TPSA) is 38.2 Å². The molecule has 0 bridgehead atoms. The molecule has 0 atom stereocenters. The van der Waals surface area contributed by atoms with Crippen molar-refractivity contribution in [2.24, 2.45) is 0 Å². The minimum absolute atomic E-state index is 0.748. The molecule has 0 radical (unpaired) electrons. The second kappa shape index (κ2) is 12.5. The monoisotopic (exact) mass is 701 g/mol. The van der Waals surface area contributed by atoms with E-state index in [0.29, 0.717) is 0 Å². The Balaban J connectivity index is 1.22. The predicted molar refractivity (Wildman–Crippen MR) is 219 cm³/mol. The van der Waals surface area contributed by atoms with E-state index in [4.69, 9.17) is 9.72 Å². The lowest BCUT2D eigenvalue weighted by molar-refractivity contribution is 0.483. The molecule has 52 heavy (non-hydrogen) atoms. The van der Waals surface area contributed by atoms with Crippen molar-refractivity contribution in [3.8, 4) is 22.8 Å². The van der Waals surface area contributed by atoms with Gasteiger partial charge in [0.1, 0.15) is 17.3 Å². The molecule has 6 aromatic carbocycles. The first-order valence-corrected chi connectivity index (χ1v) is 20.2. The third-order valence-electron chi connectivity index (χ3n) is 10.1. The molecular formula is C46H31N3OSSi. The van der Waals surface area contributed by atoms with Crippen molar-refractivity contribution in [2.75, 3.05) is 4.90 Å². The maximum absolute atomic E-state index is 6.57. The van der Waals surface area contributed by atoms with E-state index >= 15 is 0 Å². The Labute approximate surface area is 306 Å². The zero-order valence-corrected chi connectivity index (χ0v) is 29.9. The number of hydrogen-bond acceptors (Lipinski definition) is 5. The van der Waals surface area contributed by atoms with Gasteiger partial charge in [0, 0.05) is 55.1 Å². The van der Waals surface area contributed by atoms with E-state index in [2.05, 4.69) is 150 Å². The van der Waals surface area contributed by atoms with Crippen molar-refractivity contribution in [2.45, 2.75) is 0 Å². The van der Waals surface area contributed by atoms with Gasteiger partial charge in [0.25, 0.3) is 0 Å². The summed E-state index contributed by atoms with van der Waals surface area (Å²) >= 11 is 1.88. The van der Waals surface area contributed by atoms with Gasteiger partial charge in [-0.2, -0.15) is 0 Å². The average molecular weight is 702 g/mol. The maximum atomic E-state index is 6.57. The normalized spacial score (nSPS) is 13.1. The number of ether oxygens (including phenoxy) is 1. The third kappa shape index (κ3) is 4.80. The first kappa shape index (κ1) is 30.5. The van der Waals surface area contributed by atoms with E-state index in [1.807, 2.05) is 60.0 Å². The summed E-state index contributed by atoms with van der Waals surface area (Å²) in [7, 11) is -2.92. The highest BCUT2D eigenvalue weighted by Gasteiger charge is 2.51. The van der Waals surface area contributed by atoms with E-state index in [-0.39, 0.29) is 0 Å². The Morgan fingerprint density at radius 2 is 1.25 bits per heavy atom. The smallest absolute Gasteiger partial charge is 0.188 e. The molecule has 4 heterocycles. The number of pyridine rings is 2.